The number of unbranched alkanes of at least 4 members (excludes halogenated alkanes) is 4. The second kappa shape index (κ2) is 6.72. The second-order valence-corrected chi connectivity index (χ2v) is 4.81. The highest BCUT2D eigenvalue weighted by molar-refractivity contribution is 6.18. The van der Waals surface area contributed by atoms with E-state index in [1.54, 1.807) is 0 Å². The van der Waals surface area contributed by atoms with E-state index < -0.39 is 0 Å². The van der Waals surface area contributed by atoms with Gasteiger partial charge in [0, 0.05) is 6.42 Å². The second-order valence-electron chi connectivity index (χ2n) is 4.50. The fourth-order valence-corrected chi connectivity index (χ4v) is 2.10. The van der Waals surface area contributed by atoms with Crippen molar-refractivity contribution in [2.45, 2.75) is 64.3 Å². The Balaban J connectivity index is 2.10. The van der Waals surface area contributed by atoms with Gasteiger partial charge in [0.25, 0.3) is 0 Å². The van der Waals surface area contributed by atoms with Gasteiger partial charge in [0.05, 0.1) is 18.6 Å². The van der Waals surface area contributed by atoms with E-state index in [1.165, 1.54) is 32.1 Å². The molecule has 0 unspecified atom stereocenters. The van der Waals surface area contributed by atoms with Crippen LogP contribution in [0.25, 0.3) is 0 Å². The molecule has 1 aliphatic heterocycles. The van der Waals surface area contributed by atoms with Crippen molar-refractivity contribution in [3.63, 3.8) is 0 Å². The van der Waals surface area contributed by atoms with Crippen LogP contribution in [-0.4, -0.2) is 24.4 Å². The minimum absolute atomic E-state index is 0.0901. The first-order valence-electron chi connectivity index (χ1n) is 6.08. The van der Waals surface area contributed by atoms with Gasteiger partial charge in [-0.2, -0.15) is 0 Å². The quantitative estimate of drug-likeness (QED) is 0.494. The fraction of sp³-hybridized carbons (Fsp3) is 1.00. The predicted octanol–water partition coefficient (Wildman–Crippen LogP) is 3.72. The highest BCUT2D eigenvalue weighted by Gasteiger charge is 2.35. The zero-order valence-electron chi connectivity index (χ0n) is 9.93. The van der Waals surface area contributed by atoms with Crippen LogP contribution in [0.3, 0.4) is 0 Å². The molecule has 15 heavy (non-hydrogen) atoms. The third-order valence-electron chi connectivity index (χ3n) is 2.90. The molecule has 0 N–H and O–H groups in total. The van der Waals surface area contributed by atoms with Crippen LogP contribution in [-0.2, 0) is 9.47 Å². The van der Waals surface area contributed by atoms with E-state index in [-0.39, 0.29) is 11.9 Å². The smallest absolute Gasteiger partial charge is 0.166 e. The third-order valence-corrected chi connectivity index (χ3v) is 3.24. The summed E-state index contributed by atoms with van der Waals surface area (Å²) >= 11 is 5.73. The maximum absolute atomic E-state index is 5.75. The average molecular weight is 235 g/mol. The van der Waals surface area contributed by atoms with E-state index in [1.807, 2.05) is 6.92 Å². The molecule has 0 aromatic carbocycles. The van der Waals surface area contributed by atoms with Crippen LogP contribution in [0.2, 0.25) is 0 Å². The van der Waals surface area contributed by atoms with Crippen molar-refractivity contribution in [2.24, 2.45) is 0 Å². The Morgan fingerprint density at radius 2 is 2.00 bits per heavy atom. The summed E-state index contributed by atoms with van der Waals surface area (Å²) in [6.45, 7) is 4.91. The summed E-state index contributed by atoms with van der Waals surface area (Å²) in [5, 5.41) is 0. The molecule has 0 saturated carbocycles. The standard InChI is InChI=1S/C12H23ClO2/c1-3-4-5-6-7-8-12(2)14-10-11(9-13)15-12/h11H,3-10H2,1-2H3/t11-,12-/m1/s1. The minimum Gasteiger partial charge on any atom is -0.347 e. The molecule has 90 valence electrons. The molecule has 1 saturated heterocycles. The van der Waals surface area contributed by atoms with Gasteiger partial charge in [-0.3, -0.25) is 0 Å². The summed E-state index contributed by atoms with van der Waals surface area (Å²) in [6.07, 6.45) is 7.50. The lowest BCUT2D eigenvalue weighted by Crippen LogP contribution is -2.26. The number of ether oxygens (including phenoxy) is 2. The molecule has 0 aromatic rings. The van der Waals surface area contributed by atoms with Gasteiger partial charge in [-0.05, 0) is 13.3 Å². The van der Waals surface area contributed by atoms with Crippen LogP contribution in [0, 0.1) is 0 Å². The highest BCUT2D eigenvalue weighted by Crippen LogP contribution is 2.29. The summed E-state index contributed by atoms with van der Waals surface area (Å²) in [5.74, 6) is 0.164. The number of hydrogen-bond acceptors (Lipinski definition) is 2. The summed E-state index contributed by atoms with van der Waals surface area (Å²) < 4.78 is 11.4. The summed E-state index contributed by atoms with van der Waals surface area (Å²) in [5.41, 5.74) is 0. The molecule has 1 heterocycles. The Morgan fingerprint density at radius 3 is 2.60 bits per heavy atom. The van der Waals surface area contributed by atoms with Gasteiger partial charge < -0.3 is 9.47 Å². The first-order valence-corrected chi connectivity index (χ1v) is 6.61. The fourth-order valence-electron chi connectivity index (χ4n) is 1.95. The molecule has 0 spiro atoms. The maximum Gasteiger partial charge on any atom is 0.166 e. The third kappa shape index (κ3) is 4.71. The van der Waals surface area contributed by atoms with Crippen molar-refractivity contribution in [1.29, 1.82) is 0 Å². The van der Waals surface area contributed by atoms with E-state index in [0.29, 0.717) is 12.5 Å². The van der Waals surface area contributed by atoms with E-state index in [0.717, 1.165) is 6.42 Å². The summed E-state index contributed by atoms with van der Waals surface area (Å²) in [7, 11) is 0. The highest BCUT2D eigenvalue weighted by atomic mass is 35.5. The summed E-state index contributed by atoms with van der Waals surface area (Å²) in [6, 6.07) is 0. The molecule has 3 heteroatoms. The van der Waals surface area contributed by atoms with Gasteiger partial charge in [-0.15, -0.1) is 11.6 Å². The van der Waals surface area contributed by atoms with Crippen molar-refractivity contribution in [1.82, 2.24) is 0 Å². The molecule has 2 nitrogen and oxygen atoms in total. The molecular weight excluding hydrogens is 212 g/mol. The van der Waals surface area contributed by atoms with Gasteiger partial charge in [-0.1, -0.05) is 32.6 Å². The summed E-state index contributed by atoms with van der Waals surface area (Å²) in [4.78, 5) is 0. The molecule has 0 radical (unpaired) electrons. The number of rotatable bonds is 7. The van der Waals surface area contributed by atoms with Gasteiger partial charge in [0.15, 0.2) is 5.79 Å². The lowest BCUT2D eigenvalue weighted by atomic mass is 10.1. The molecule has 1 fully saturated rings. The molecular formula is C12H23ClO2. The monoisotopic (exact) mass is 234 g/mol. The molecule has 2 atom stereocenters. The maximum atomic E-state index is 5.75. The Bertz CT molecular complexity index is 175. The molecule has 1 aliphatic rings. The van der Waals surface area contributed by atoms with Gasteiger partial charge in [-0.25, -0.2) is 0 Å². The minimum atomic E-state index is -0.369. The van der Waals surface area contributed by atoms with Crippen LogP contribution in [0.5, 0.6) is 0 Å². The van der Waals surface area contributed by atoms with Crippen molar-refractivity contribution in [3.05, 3.63) is 0 Å². The van der Waals surface area contributed by atoms with Crippen LogP contribution in [0.4, 0.5) is 0 Å². The average Bonchev–Trinajstić information content (AvgIpc) is 2.61. The van der Waals surface area contributed by atoms with Crippen LogP contribution in [0.15, 0.2) is 0 Å². The Kier molecular flexibility index (Phi) is 5.95. The topological polar surface area (TPSA) is 18.5 Å². The lowest BCUT2D eigenvalue weighted by Gasteiger charge is -2.22. The molecule has 1 rings (SSSR count). The van der Waals surface area contributed by atoms with E-state index in [2.05, 4.69) is 6.92 Å². The Labute approximate surface area is 98.3 Å². The van der Waals surface area contributed by atoms with Crippen LogP contribution < -0.4 is 0 Å². The lowest BCUT2D eigenvalue weighted by molar-refractivity contribution is -0.156. The normalized spacial score (nSPS) is 31.0. The molecule has 0 aliphatic carbocycles. The van der Waals surface area contributed by atoms with Crippen molar-refractivity contribution < 1.29 is 9.47 Å². The van der Waals surface area contributed by atoms with Crippen molar-refractivity contribution in [3.8, 4) is 0 Å². The van der Waals surface area contributed by atoms with E-state index in [9.17, 15) is 0 Å². The van der Waals surface area contributed by atoms with Crippen LogP contribution in [0.1, 0.15) is 52.4 Å². The van der Waals surface area contributed by atoms with E-state index in [4.69, 9.17) is 21.1 Å². The Hall–Kier alpha value is 0.210. The molecule has 0 amide bonds. The molecule has 0 bridgehead atoms. The Morgan fingerprint density at radius 1 is 1.27 bits per heavy atom. The first kappa shape index (κ1) is 13.3. The van der Waals surface area contributed by atoms with Crippen molar-refractivity contribution in [2.75, 3.05) is 12.5 Å². The predicted molar refractivity (Wildman–Crippen MR) is 63.3 cm³/mol. The van der Waals surface area contributed by atoms with E-state index >= 15 is 0 Å². The van der Waals surface area contributed by atoms with Gasteiger partial charge in [0.1, 0.15) is 0 Å². The van der Waals surface area contributed by atoms with Crippen molar-refractivity contribution >= 4 is 11.6 Å². The largest absolute Gasteiger partial charge is 0.347 e. The van der Waals surface area contributed by atoms with Gasteiger partial charge >= 0.3 is 0 Å². The SMILES string of the molecule is CCCCCCC[C@]1(C)OC[C@@H](CCl)O1. The first-order chi connectivity index (χ1) is 7.20. The number of hydrogen-bond donors (Lipinski definition) is 0. The zero-order valence-corrected chi connectivity index (χ0v) is 10.7. The molecule has 0 aromatic heterocycles. The van der Waals surface area contributed by atoms with Crippen LogP contribution >= 0.6 is 11.6 Å². The number of alkyl halides is 1. The van der Waals surface area contributed by atoms with Gasteiger partial charge in [0.2, 0.25) is 0 Å². The zero-order chi connectivity index (χ0) is 11.1. The number of halogens is 1.